The molecule has 0 unspecified atom stereocenters. The van der Waals surface area contributed by atoms with E-state index in [-0.39, 0.29) is 0 Å². The molecule has 2 bridgehead atoms. The van der Waals surface area contributed by atoms with Crippen LogP contribution in [-0.2, 0) is 0 Å². The van der Waals surface area contributed by atoms with Gasteiger partial charge in [-0.15, -0.1) is 0 Å². The molecule has 0 aliphatic carbocycles. The standard InChI is InChI=1S/C12H15BrN2/c1-8-6-9(13)7-14-12(8)15-10-2-3-11(15)5-4-10/h6-7,10-11H,2-5H2,1H3. The molecule has 0 saturated carbocycles. The topological polar surface area (TPSA) is 16.1 Å². The van der Waals surface area contributed by atoms with Crippen molar-refractivity contribution >= 4 is 21.7 Å². The summed E-state index contributed by atoms with van der Waals surface area (Å²) in [6, 6.07) is 3.70. The summed E-state index contributed by atoms with van der Waals surface area (Å²) in [5.41, 5.74) is 1.29. The monoisotopic (exact) mass is 266 g/mol. The number of fused-ring (bicyclic) bond motifs is 2. The van der Waals surface area contributed by atoms with Gasteiger partial charge in [0.25, 0.3) is 0 Å². The highest BCUT2D eigenvalue weighted by Crippen LogP contribution is 2.41. The van der Waals surface area contributed by atoms with Crippen molar-refractivity contribution in [1.29, 1.82) is 0 Å². The predicted octanol–water partition coefficient (Wildman–Crippen LogP) is 3.28. The van der Waals surface area contributed by atoms with E-state index < -0.39 is 0 Å². The molecule has 3 heteroatoms. The molecule has 0 aromatic carbocycles. The van der Waals surface area contributed by atoms with Crippen molar-refractivity contribution in [3.05, 3.63) is 22.3 Å². The molecule has 3 heterocycles. The van der Waals surface area contributed by atoms with Crippen LogP contribution in [0.25, 0.3) is 0 Å². The van der Waals surface area contributed by atoms with Gasteiger partial charge in [-0.2, -0.15) is 0 Å². The maximum atomic E-state index is 4.58. The van der Waals surface area contributed by atoms with Crippen molar-refractivity contribution in [1.82, 2.24) is 4.98 Å². The van der Waals surface area contributed by atoms with Crippen molar-refractivity contribution in [2.45, 2.75) is 44.7 Å². The van der Waals surface area contributed by atoms with E-state index in [1.54, 1.807) is 0 Å². The molecule has 2 fully saturated rings. The second-order valence-corrected chi connectivity index (χ2v) is 5.58. The van der Waals surface area contributed by atoms with Crippen LogP contribution in [0.1, 0.15) is 31.2 Å². The molecule has 80 valence electrons. The summed E-state index contributed by atoms with van der Waals surface area (Å²) in [7, 11) is 0. The number of rotatable bonds is 1. The van der Waals surface area contributed by atoms with Gasteiger partial charge in [-0.3, -0.25) is 0 Å². The third-order valence-electron chi connectivity index (χ3n) is 3.71. The minimum atomic E-state index is 0.766. The van der Waals surface area contributed by atoms with Gasteiger partial charge in [0.1, 0.15) is 5.82 Å². The van der Waals surface area contributed by atoms with Crippen LogP contribution in [-0.4, -0.2) is 17.1 Å². The summed E-state index contributed by atoms with van der Waals surface area (Å²) in [6.07, 6.45) is 7.37. The molecular formula is C12H15BrN2. The second-order valence-electron chi connectivity index (χ2n) is 4.66. The lowest BCUT2D eigenvalue weighted by Crippen LogP contribution is -2.29. The molecule has 0 spiro atoms. The van der Waals surface area contributed by atoms with Crippen molar-refractivity contribution in [3.63, 3.8) is 0 Å². The molecule has 15 heavy (non-hydrogen) atoms. The summed E-state index contributed by atoms with van der Waals surface area (Å²) >= 11 is 3.47. The van der Waals surface area contributed by atoms with Crippen molar-refractivity contribution in [2.75, 3.05) is 4.90 Å². The lowest BCUT2D eigenvalue weighted by molar-refractivity contribution is 0.576. The molecule has 0 radical (unpaired) electrons. The Morgan fingerprint density at radius 3 is 2.40 bits per heavy atom. The van der Waals surface area contributed by atoms with Crippen LogP contribution in [0.4, 0.5) is 5.82 Å². The zero-order valence-electron chi connectivity index (χ0n) is 8.91. The molecule has 1 aromatic rings. The minimum absolute atomic E-state index is 0.766. The van der Waals surface area contributed by atoms with E-state index in [9.17, 15) is 0 Å². The fourth-order valence-corrected chi connectivity index (χ4v) is 3.51. The molecule has 2 saturated heterocycles. The lowest BCUT2D eigenvalue weighted by atomic mass is 10.0. The number of anilines is 1. The van der Waals surface area contributed by atoms with Crippen LogP contribution in [0, 0.1) is 6.92 Å². The van der Waals surface area contributed by atoms with Gasteiger partial charge in [0.2, 0.25) is 0 Å². The van der Waals surface area contributed by atoms with E-state index in [0.717, 1.165) is 16.6 Å². The number of aromatic nitrogens is 1. The summed E-state index contributed by atoms with van der Waals surface area (Å²) in [4.78, 5) is 7.14. The minimum Gasteiger partial charge on any atom is -0.350 e. The number of hydrogen-bond donors (Lipinski definition) is 0. The molecule has 3 rings (SSSR count). The average molecular weight is 267 g/mol. The number of hydrogen-bond acceptors (Lipinski definition) is 2. The maximum absolute atomic E-state index is 4.58. The quantitative estimate of drug-likeness (QED) is 0.776. The van der Waals surface area contributed by atoms with Crippen LogP contribution in [0.15, 0.2) is 16.7 Å². The second kappa shape index (κ2) is 3.48. The normalized spacial score (nSPS) is 28.8. The number of pyridine rings is 1. The average Bonchev–Trinajstić information content (AvgIpc) is 2.78. The fraction of sp³-hybridized carbons (Fsp3) is 0.583. The molecule has 0 N–H and O–H groups in total. The van der Waals surface area contributed by atoms with Crippen molar-refractivity contribution in [3.8, 4) is 0 Å². The zero-order valence-corrected chi connectivity index (χ0v) is 10.5. The molecule has 0 amide bonds. The highest BCUT2D eigenvalue weighted by molar-refractivity contribution is 9.10. The van der Waals surface area contributed by atoms with Crippen LogP contribution < -0.4 is 4.90 Å². The van der Waals surface area contributed by atoms with Crippen LogP contribution >= 0.6 is 15.9 Å². The number of aryl methyl sites for hydroxylation is 1. The van der Waals surface area contributed by atoms with Gasteiger partial charge in [-0.25, -0.2) is 4.98 Å². The highest BCUT2D eigenvalue weighted by atomic mass is 79.9. The van der Waals surface area contributed by atoms with Gasteiger partial charge in [-0.05, 0) is 60.2 Å². The Kier molecular flexibility index (Phi) is 2.23. The molecule has 1 aromatic heterocycles. The third kappa shape index (κ3) is 1.48. The van der Waals surface area contributed by atoms with Gasteiger partial charge >= 0.3 is 0 Å². The van der Waals surface area contributed by atoms with Gasteiger partial charge < -0.3 is 4.90 Å². The third-order valence-corrected chi connectivity index (χ3v) is 4.15. The van der Waals surface area contributed by atoms with E-state index in [1.165, 1.54) is 37.1 Å². The van der Waals surface area contributed by atoms with E-state index in [1.807, 2.05) is 6.20 Å². The van der Waals surface area contributed by atoms with Gasteiger partial charge in [0.05, 0.1) is 0 Å². The Morgan fingerprint density at radius 1 is 1.27 bits per heavy atom. The van der Waals surface area contributed by atoms with E-state index in [2.05, 4.69) is 38.8 Å². The summed E-state index contributed by atoms with van der Waals surface area (Å²) in [5, 5.41) is 0. The number of nitrogens with zero attached hydrogens (tertiary/aromatic N) is 2. The van der Waals surface area contributed by atoms with Gasteiger partial charge in [0.15, 0.2) is 0 Å². The largest absolute Gasteiger partial charge is 0.350 e. The Bertz CT molecular complexity index is 371. The van der Waals surface area contributed by atoms with E-state index in [0.29, 0.717) is 0 Å². The van der Waals surface area contributed by atoms with Crippen molar-refractivity contribution < 1.29 is 0 Å². The van der Waals surface area contributed by atoms with Crippen molar-refractivity contribution in [2.24, 2.45) is 0 Å². The lowest BCUT2D eigenvalue weighted by Gasteiger charge is -2.24. The molecule has 2 aliphatic heterocycles. The SMILES string of the molecule is Cc1cc(Br)cnc1N1C2CCC1CC2. The predicted molar refractivity (Wildman–Crippen MR) is 65.2 cm³/mol. The van der Waals surface area contributed by atoms with Gasteiger partial charge in [0, 0.05) is 22.8 Å². The Balaban J connectivity index is 1.99. The molecule has 0 atom stereocenters. The molecule has 2 aliphatic rings. The van der Waals surface area contributed by atoms with Crippen LogP contribution in [0.2, 0.25) is 0 Å². The Labute approximate surface area is 98.8 Å². The highest BCUT2D eigenvalue weighted by Gasteiger charge is 2.40. The first-order chi connectivity index (χ1) is 7.25. The summed E-state index contributed by atoms with van der Waals surface area (Å²) in [6.45, 7) is 2.16. The first-order valence-electron chi connectivity index (χ1n) is 5.66. The Hall–Kier alpha value is -0.570. The smallest absolute Gasteiger partial charge is 0.132 e. The van der Waals surface area contributed by atoms with E-state index in [4.69, 9.17) is 0 Å². The summed E-state index contributed by atoms with van der Waals surface area (Å²) < 4.78 is 1.08. The first-order valence-corrected chi connectivity index (χ1v) is 6.45. The molecular weight excluding hydrogens is 252 g/mol. The Morgan fingerprint density at radius 2 is 1.87 bits per heavy atom. The number of halogens is 1. The zero-order chi connectivity index (χ0) is 10.4. The van der Waals surface area contributed by atoms with Gasteiger partial charge in [-0.1, -0.05) is 0 Å². The van der Waals surface area contributed by atoms with E-state index >= 15 is 0 Å². The summed E-state index contributed by atoms with van der Waals surface area (Å²) in [5.74, 6) is 1.21. The maximum Gasteiger partial charge on any atom is 0.132 e. The molecule has 2 nitrogen and oxygen atoms in total. The van der Waals surface area contributed by atoms with Crippen LogP contribution in [0.5, 0.6) is 0 Å². The fourth-order valence-electron chi connectivity index (χ4n) is 3.06. The first kappa shape index (κ1) is 9.64. The van der Waals surface area contributed by atoms with Crippen LogP contribution in [0.3, 0.4) is 0 Å².